The summed E-state index contributed by atoms with van der Waals surface area (Å²) in [5.41, 5.74) is 5.81. The second-order valence-electron chi connectivity index (χ2n) is 7.53. The summed E-state index contributed by atoms with van der Waals surface area (Å²) in [6, 6.07) is 16.4. The van der Waals surface area contributed by atoms with E-state index in [0.717, 1.165) is 71.0 Å². The van der Waals surface area contributed by atoms with Crippen LogP contribution in [0.2, 0.25) is 0 Å². The summed E-state index contributed by atoms with van der Waals surface area (Å²) in [6.45, 7) is 5.27. The number of amidine groups is 1. The van der Waals surface area contributed by atoms with Crippen LogP contribution < -0.4 is 9.80 Å². The smallest absolute Gasteiger partial charge is 0.264 e. The van der Waals surface area contributed by atoms with E-state index in [-0.39, 0.29) is 5.91 Å². The first-order valence-corrected chi connectivity index (χ1v) is 9.65. The van der Waals surface area contributed by atoms with Gasteiger partial charge >= 0.3 is 0 Å². The van der Waals surface area contributed by atoms with Crippen LogP contribution in [-0.4, -0.2) is 38.0 Å². The van der Waals surface area contributed by atoms with Gasteiger partial charge in [-0.3, -0.25) is 9.69 Å². The molecule has 28 heavy (non-hydrogen) atoms. The monoisotopic (exact) mass is 369 g/mol. The quantitative estimate of drug-likeness (QED) is 0.650. The number of anilines is 2. The van der Waals surface area contributed by atoms with Crippen LogP contribution in [0, 0.1) is 6.92 Å². The zero-order valence-electron chi connectivity index (χ0n) is 15.6. The number of amides is 1. The number of benzene rings is 3. The van der Waals surface area contributed by atoms with Gasteiger partial charge in [-0.05, 0) is 37.3 Å². The summed E-state index contributed by atoms with van der Waals surface area (Å²) in [7, 11) is 0. The molecule has 5 heteroatoms. The zero-order valence-corrected chi connectivity index (χ0v) is 15.6. The van der Waals surface area contributed by atoms with Crippen molar-refractivity contribution in [1.29, 1.82) is 0 Å². The van der Waals surface area contributed by atoms with E-state index in [9.17, 15) is 4.79 Å². The number of rotatable bonds is 1. The Hall–Kier alpha value is -3.18. The van der Waals surface area contributed by atoms with Crippen molar-refractivity contribution in [1.82, 2.24) is 0 Å². The number of fused-ring (bicyclic) bond motifs is 4. The molecule has 1 amide bonds. The molecule has 0 bridgehead atoms. The Balaban J connectivity index is 1.60. The molecule has 1 fully saturated rings. The molecule has 0 unspecified atom stereocenters. The molecular formula is C23H19N3O2. The van der Waals surface area contributed by atoms with Gasteiger partial charge in [-0.1, -0.05) is 23.8 Å². The van der Waals surface area contributed by atoms with Crippen molar-refractivity contribution in [2.24, 2.45) is 4.99 Å². The van der Waals surface area contributed by atoms with Crippen molar-refractivity contribution in [3.8, 4) is 0 Å². The van der Waals surface area contributed by atoms with E-state index < -0.39 is 0 Å². The number of hydrogen-bond donors (Lipinski definition) is 0. The van der Waals surface area contributed by atoms with Crippen LogP contribution in [0.15, 0.2) is 53.5 Å². The summed E-state index contributed by atoms with van der Waals surface area (Å²) < 4.78 is 5.51. The standard InChI is InChI=1S/C23H19N3O2/c1-14-5-6-15-17(13-14)22-24-18-7-8-19(25-9-11-28-12-10-25)16-3-2-4-20(21(16)18)26(22)23(15)27/h2-8,13H,9-12H2,1H3. The van der Waals surface area contributed by atoms with Gasteiger partial charge < -0.3 is 9.64 Å². The van der Waals surface area contributed by atoms with E-state index in [1.807, 2.05) is 31.2 Å². The van der Waals surface area contributed by atoms with Gasteiger partial charge in [0, 0.05) is 35.1 Å². The van der Waals surface area contributed by atoms with Gasteiger partial charge in [-0.15, -0.1) is 0 Å². The second-order valence-corrected chi connectivity index (χ2v) is 7.53. The van der Waals surface area contributed by atoms with Crippen molar-refractivity contribution in [3.05, 3.63) is 65.2 Å². The van der Waals surface area contributed by atoms with E-state index in [1.54, 1.807) is 4.90 Å². The fourth-order valence-electron chi connectivity index (χ4n) is 4.53. The fourth-order valence-corrected chi connectivity index (χ4v) is 4.53. The highest BCUT2D eigenvalue weighted by Gasteiger charge is 2.38. The first-order valence-electron chi connectivity index (χ1n) is 9.65. The Morgan fingerprint density at radius 2 is 1.82 bits per heavy atom. The Labute approximate surface area is 162 Å². The molecule has 0 atom stereocenters. The van der Waals surface area contributed by atoms with Gasteiger partial charge in [0.25, 0.3) is 5.91 Å². The summed E-state index contributed by atoms with van der Waals surface area (Å²) >= 11 is 0. The average Bonchev–Trinajstić information content (AvgIpc) is 3.01. The van der Waals surface area contributed by atoms with Crippen LogP contribution in [0.1, 0.15) is 21.5 Å². The molecule has 0 aliphatic carbocycles. The lowest BCUT2D eigenvalue weighted by Crippen LogP contribution is -2.36. The molecule has 0 radical (unpaired) electrons. The maximum atomic E-state index is 13.2. The molecule has 1 saturated heterocycles. The number of carbonyl (C=O) groups is 1. The third-order valence-electron chi connectivity index (χ3n) is 5.85. The lowest BCUT2D eigenvalue weighted by Gasteiger charge is -2.31. The summed E-state index contributed by atoms with van der Waals surface area (Å²) in [6.07, 6.45) is 0. The second kappa shape index (κ2) is 5.66. The number of nitrogens with zero attached hydrogens (tertiary/aromatic N) is 3. The molecule has 3 aromatic carbocycles. The van der Waals surface area contributed by atoms with E-state index >= 15 is 0 Å². The Morgan fingerprint density at radius 1 is 0.964 bits per heavy atom. The molecule has 3 aromatic rings. The Kier molecular flexibility index (Phi) is 3.20. The predicted molar refractivity (Wildman–Crippen MR) is 111 cm³/mol. The van der Waals surface area contributed by atoms with Crippen molar-refractivity contribution in [2.75, 3.05) is 36.1 Å². The van der Waals surface area contributed by atoms with E-state index in [4.69, 9.17) is 9.73 Å². The minimum absolute atomic E-state index is 0.00340. The van der Waals surface area contributed by atoms with E-state index in [1.165, 1.54) is 5.69 Å². The van der Waals surface area contributed by atoms with E-state index in [0.29, 0.717) is 0 Å². The number of morpholine rings is 1. The van der Waals surface area contributed by atoms with Crippen LogP contribution in [0.4, 0.5) is 17.1 Å². The number of aryl methyl sites for hydroxylation is 1. The minimum atomic E-state index is 0.00340. The number of carbonyl (C=O) groups excluding carboxylic acids is 1. The molecule has 0 spiro atoms. The largest absolute Gasteiger partial charge is 0.378 e. The normalized spacial score (nSPS) is 17.6. The van der Waals surface area contributed by atoms with Crippen LogP contribution in [0.25, 0.3) is 10.8 Å². The highest BCUT2D eigenvalue weighted by molar-refractivity contribution is 6.40. The van der Waals surface area contributed by atoms with Crippen molar-refractivity contribution in [2.45, 2.75) is 6.92 Å². The van der Waals surface area contributed by atoms with Crippen LogP contribution >= 0.6 is 0 Å². The average molecular weight is 369 g/mol. The Bertz CT molecular complexity index is 1190. The van der Waals surface area contributed by atoms with Crippen molar-refractivity contribution < 1.29 is 9.53 Å². The number of ether oxygens (including phenoxy) is 1. The van der Waals surface area contributed by atoms with Gasteiger partial charge in [0.1, 0.15) is 5.84 Å². The van der Waals surface area contributed by atoms with E-state index in [2.05, 4.69) is 29.2 Å². The SMILES string of the molecule is Cc1ccc2c(c1)C1=Nc3ccc(N4CCOCC4)c4cccc(c34)N1C2=O. The molecule has 3 aliphatic rings. The molecule has 0 N–H and O–H groups in total. The fraction of sp³-hybridized carbons (Fsp3) is 0.217. The molecule has 138 valence electrons. The third kappa shape index (κ3) is 2.05. The maximum Gasteiger partial charge on any atom is 0.264 e. The van der Waals surface area contributed by atoms with Crippen molar-refractivity contribution >= 4 is 39.6 Å². The molecule has 3 aliphatic heterocycles. The highest BCUT2D eigenvalue weighted by atomic mass is 16.5. The third-order valence-corrected chi connectivity index (χ3v) is 5.85. The van der Waals surface area contributed by atoms with Crippen molar-refractivity contribution in [3.63, 3.8) is 0 Å². The molecule has 0 saturated carbocycles. The van der Waals surface area contributed by atoms with Crippen LogP contribution in [0.3, 0.4) is 0 Å². The van der Waals surface area contributed by atoms with Crippen LogP contribution in [0.5, 0.6) is 0 Å². The van der Waals surface area contributed by atoms with Gasteiger partial charge in [-0.25, -0.2) is 4.99 Å². The highest BCUT2D eigenvalue weighted by Crippen LogP contribution is 2.46. The van der Waals surface area contributed by atoms with Gasteiger partial charge in [0.15, 0.2) is 0 Å². The molecule has 5 nitrogen and oxygen atoms in total. The molecule has 0 aromatic heterocycles. The topological polar surface area (TPSA) is 45.1 Å². The number of aliphatic imine (C=N–C) groups is 1. The van der Waals surface area contributed by atoms with Crippen LogP contribution in [-0.2, 0) is 4.74 Å². The van der Waals surface area contributed by atoms with Gasteiger partial charge in [0.05, 0.1) is 30.2 Å². The first kappa shape index (κ1) is 15.8. The summed E-state index contributed by atoms with van der Waals surface area (Å²) in [5, 5.41) is 2.19. The molecule has 3 heterocycles. The first-order chi connectivity index (χ1) is 13.7. The maximum absolute atomic E-state index is 13.2. The van der Waals surface area contributed by atoms with Gasteiger partial charge in [-0.2, -0.15) is 0 Å². The lowest BCUT2D eigenvalue weighted by molar-refractivity contribution is 0.101. The zero-order chi connectivity index (χ0) is 18.8. The Morgan fingerprint density at radius 3 is 2.68 bits per heavy atom. The van der Waals surface area contributed by atoms with Gasteiger partial charge in [0.2, 0.25) is 0 Å². The summed E-state index contributed by atoms with van der Waals surface area (Å²) in [5.74, 6) is 0.742. The molecular weight excluding hydrogens is 350 g/mol. The number of hydrogen-bond acceptors (Lipinski definition) is 4. The molecule has 6 rings (SSSR count). The lowest BCUT2D eigenvalue weighted by atomic mass is 10.0. The minimum Gasteiger partial charge on any atom is -0.378 e. The predicted octanol–water partition coefficient (Wildman–Crippen LogP) is 4.04. The summed E-state index contributed by atoms with van der Waals surface area (Å²) in [4.78, 5) is 22.3.